The highest BCUT2D eigenvalue weighted by Crippen LogP contribution is 2.40. The molecule has 8 heteroatoms. The van der Waals surface area contributed by atoms with Crippen LogP contribution in [0.1, 0.15) is 39.2 Å². The van der Waals surface area contributed by atoms with Gasteiger partial charge in [0.05, 0.1) is 6.61 Å². The van der Waals surface area contributed by atoms with Gasteiger partial charge >= 0.3 is 5.97 Å². The van der Waals surface area contributed by atoms with Crippen LogP contribution in [0, 0.1) is 6.92 Å². The van der Waals surface area contributed by atoms with Crippen LogP contribution in [-0.4, -0.2) is 24.4 Å². The summed E-state index contributed by atoms with van der Waals surface area (Å²) < 4.78 is 5.39. The first-order valence-corrected chi connectivity index (χ1v) is 16.2. The fourth-order valence-corrected chi connectivity index (χ4v) is 6.63. The summed E-state index contributed by atoms with van der Waals surface area (Å²) >= 11 is 2.65. The van der Waals surface area contributed by atoms with Crippen molar-refractivity contribution in [2.24, 2.45) is 0 Å². The topological polar surface area (TPSA) is 84.5 Å². The van der Waals surface area contributed by atoms with Crippen LogP contribution in [-0.2, 0) is 14.3 Å². The number of carbonyl (C=O) groups excluding carboxylic acids is 3. The molecule has 2 N–H and O–H groups in total. The van der Waals surface area contributed by atoms with E-state index in [1.807, 2.05) is 115 Å². The monoisotopic (exact) mass is 632 g/mol. The lowest BCUT2D eigenvalue weighted by Gasteiger charge is -2.18. The summed E-state index contributed by atoms with van der Waals surface area (Å²) in [5.41, 5.74) is 5.36. The number of amides is 2. The van der Waals surface area contributed by atoms with Crippen LogP contribution < -0.4 is 10.6 Å². The van der Waals surface area contributed by atoms with Crippen molar-refractivity contribution >= 4 is 57.6 Å². The van der Waals surface area contributed by atoms with E-state index in [9.17, 15) is 14.4 Å². The Hall–Kier alpha value is -4.92. The molecule has 0 aliphatic heterocycles. The average Bonchev–Trinajstić information content (AvgIpc) is 3.47. The van der Waals surface area contributed by atoms with E-state index in [4.69, 9.17) is 4.74 Å². The maximum atomic E-state index is 14.0. The number of rotatable bonds is 11. The number of ether oxygens (including phenoxy) is 1. The Morgan fingerprint density at radius 2 is 1.58 bits per heavy atom. The van der Waals surface area contributed by atoms with E-state index in [1.54, 1.807) is 19.1 Å². The maximum Gasteiger partial charge on any atom is 0.341 e. The minimum absolute atomic E-state index is 0.215. The Labute approximate surface area is 271 Å². The minimum Gasteiger partial charge on any atom is -0.462 e. The summed E-state index contributed by atoms with van der Waals surface area (Å²) in [7, 11) is 0. The van der Waals surface area contributed by atoms with E-state index in [2.05, 4.69) is 10.6 Å². The molecule has 0 spiro atoms. The van der Waals surface area contributed by atoms with Crippen LogP contribution in [0.4, 0.5) is 10.7 Å². The minimum atomic E-state index is -0.643. The highest BCUT2D eigenvalue weighted by atomic mass is 32.2. The molecule has 6 nitrogen and oxygen atoms in total. The van der Waals surface area contributed by atoms with E-state index < -0.39 is 11.2 Å². The number of carbonyl (C=O) groups is 3. The van der Waals surface area contributed by atoms with Crippen molar-refractivity contribution in [3.05, 3.63) is 143 Å². The van der Waals surface area contributed by atoms with Gasteiger partial charge < -0.3 is 15.4 Å². The van der Waals surface area contributed by atoms with Crippen LogP contribution in [0.3, 0.4) is 0 Å². The number of hydrogen-bond acceptors (Lipinski definition) is 6. The number of aryl methyl sites for hydroxylation is 1. The molecule has 1 unspecified atom stereocenters. The van der Waals surface area contributed by atoms with Gasteiger partial charge in [0, 0.05) is 27.6 Å². The van der Waals surface area contributed by atoms with E-state index in [1.165, 1.54) is 29.2 Å². The lowest BCUT2D eigenvalue weighted by atomic mass is 10.0. The summed E-state index contributed by atoms with van der Waals surface area (Å²) in [5.74, 6) is -1.03. The number of thioether (sulfide) groups is 1. The van der Waals surface area contributed by atoms with E-state index >= 15 is 0 Å². The van der Waals surface area contributed by atoms with Crippen molar-refractivity contribution in [3.63, 3.8) is 0 Å². The van der Waals surface area contributed by atoms with Gasteiger partial charge in [-0.15, -0.1) is 23.1 Å². The van der Waals surface area contributed by atoms with Crippen molar-refractivity contribution in [1.82, 2.24) is 0 Å². The second-order valence-electron chi connectivity index (χ2n) is 10.1. The fourth-order valence-electron chi connectivity index (χ4n) is 4.58. The molecule has 226 valence electrons. The van der Waals surface area contributed by atoms with Crippen molar-refractivity contribution in [3.8, 4) is 11.1 Å². The smallest absolute Gasteiger partial charge is 0.341 e. The van der Waals surface area contributed by atoms with Gasteiger partial charge in [-0.1, -0.05) is 96.6 Å². The molecule has 5 rings (SSSR count). The predicted octanol–water partition coefficient (Wildman–Crippen LogP) is 9.02. The van der Waals surface area contributed by atoms with Crippen LogP contribution in [0.25, 0.3) is 17.2 Å². The molecule has 1 aromatic heterocycles. The van der Waals surface area contributed by atoms with Gasteiger partial charge in [0.15, 0.2) is 0 Å². The first kappa shape index (κ1) is 31.5. The Bertz CT molecular complexity index is 1800. The van der Waals surface area contributed by atoms with Gasteiger partial charge in [-0.2, -0.15) is 0 Å². The molecule has 0 aliphatic carbocycles. The Kier molecular flexibility index (Phi) is 10.6. The number of thiophene rings is 1. The average molecular weight is 633 g/mol. The van der Waals surface area contributed by atoms with Crippen molar-refractivity contribution in [1.29, 1.82) is 0 Å². The highest BCUT2D eigenvalue weighted by Gasteiger charge is 2.27. The van der Waals surface area contributed by atoms with Crippen molar-refractivity contribution < 1.29 is 19.1 Å². The van der Waals surface area contributed by atoms with E-state index in [0.29, 0.717) is 21.8 Å². The third-order valence-corrected chi connectivity index (χ3v) is 8.94. The molecule has 0 saturated carbocycles. The fraction of sp³-hybridized carbons (Fsp3) is 0.108. The predicted molar refractivity (Wildman–Crippen MR) is 185 cm³/mol. The second kappa shape index (κ2) is 15.2. The zero-order valence-electron chi connectivity index (χ0n) is 24.9. The largest absolute Gasteiger partial charge is 0.462 e. The molecule has 0 saturated heterocycles. The van der Waals surface area contributed by atoms with Gasteiger partial charge in [0.1, 0.15) is 15.8 Å². The maximum absolute atomic E-state index is 14.0. The summed E-state index contributed by atoms with van der Waals surface area (Å²) in [6.45, 7) is 3.97. The van der Waals surface area contributed by atoms with Gasteiger partial charge in [0.2, 0.25) is 11.8 Å². The van der Waals surface area contributed by atoms with E-state index in [0.717, 1.165) is 27.1 Å². The Balaban J connectivity index is 1.38. The summed E-state index contributed by atoms with van der Waals surface area (Å²) in [5, 5.41) is 7.59. The molecule has 5 aromatic rings. The highest BCUT2D eigenvalue weighted by molar-refractivity contribution is 8.00. The zero-order chi connectivity index (χ0) is 31.6. The number of benzene rings is 4. The Morgan fingerprint density at radius 1 is 0.867 bits per heavy atom. The molecule has 0 fully saturated rings. The zero-order valence-corrected chi connectivity index (χ0v) is 26.5. The lowest BCUT2D eigenvalue weighted by Crippen LogP contribution is -2.20. The molecule has 1 atom stereocenters. The molecular formula is C37H32N2O4S2. The summed E-state index contributed by atoms with van der Waals surface area (Å²) in [4.78, 5) is 40.5. The Morgan fingerprint density at radius 3 is 2.29 bits per heavy atom. The number of nitrogens with one attached hydrogen (secondary N) is 2. The molecular weight excluding hydrogens is 601 g/mol. The normalized spacial score (nSPS) is 11.6. The molecule has 0 radical (unpaired) electrons. The van der Waals surface area contributed by atoms with Gasteiger partial charge in [-0.05, 0) is 54.8 Å². The standard InChI is InChI=1S/C37H32N2O4S2/c1-3-43-37(42)33-31(27-20-17-25(2)18-21-27)24-44-36(33)39-35(41)34(28-13-8-5-9-14-28)45-30-16-10-15-29(23-30)38-32(40)22-19-26-11-6-4-7-12-26/h4-24,34H,3H2,1-2H3,(H,38,40)(H,39,41)/b22-19+. The number of hydrogen-bond donors (Lipinski definition) is 2. The molecule has 2 amide bonds. The number of esters is 1. The first-order chi connectivity index (χ1) is 21.9. The van der Waals surface area contributed by atoms with Crippen LogP contribution >= 0.6 is 23.1 Å². The summed E-state index contributed by atoms with van der Waals surface area (Å²) in [6.07, 6.45) is 3.24. The van der Waals surface area contributed by atoms with Crippen molar-refractivity contribution in [2.45, 2.75) is 24.0 Å². The van der Waals surface area contributed by atoms with Crippen LogP contribution in [0.15, 0.2) is 126 Å². The van der Waals surface area contributed by atoms with Gasteiger partial charge in [0.25, 0.3) is 0 Å². The van der Waals surface area contributed by atoms with Gasteiger partial charge in [-0.25, -0.2) is 4.79 Å². The first-order valence-electron chi connectivity index (χ1n) is 14.4. The third kappa shape index (κ3) is 8.38. The molecule has 1 heterocycles. The quantitative estimate of drug-likeness (QED) is 0.0862. The molecule has 4 aromatic carbocycles. The SMILES string of the molecule is CCOC(=O)c1c(-c2ccc(C)cc2)csc1NC(=O)C(Sc1cccc(NC(=O)/C=C/c2ccccc2)c1)c1ccccc1. The second-order valence-corrected chi connectivity index (χ2v) is 12.2. The van der Waals surface area contributed by atoms with Crippen LogP contribution in [0.2, 0.25) is 0 Å². The van der Waals surface area contributed by atoms with Crippen LogP contribution in [0.5, 0.6) is 0 Å². The lowest BCUT2D eigenvalue weighted by molar-refractivity contribution is -0.116. The van der Waals surface area contributed by atoms with E-state index in [-0.39, 0.29) is 18.4 Å². The van der Waals surface area contributed by atoms with Crippen molar-refractivity contribution in [2.75, 3.05) is 17.2 Å². The summed E-state index contributed by atoms with van der Waals surface area (Å²) in [6, 6.07) is 34.3. The number of anilines is 2. The molecule has 0 aliphatic rings. The third-order valence-electron chi connectivity index (χ3n) is 6.79. The molecule has 45 heavy (non-hydrogen) atoms. The van der Waals surface area contributed by atoms with Gasteiger partial charge in [-0.3, -0.25) is 9.59 Å². The molecule has 0 bridgehead atoms.